The highest BCUT2D eigenvalue weighted by atomic mass is 79.9. The molecule has 5 nitrogen and oxygen atoms in total. The zero-order valence-electron chi connectivity index (χ0n) is 14.1. The van der Waals surface area contributed by atoms with Crippen LogP contribution in [-0.2, 0) is 4.79 Å². The second-order valence-corrected chi connectivity index (χ2v) is 8.45. The Hall–Kier alpha value is -1.93. The molecule has 3 rings (SSSR count). The first-order chi connectivity index (χ1) is 12.5. The van der Waals surface area contributed by atoms with E-state index in [0.717, 1.165) is 22.4 Å². The van der Waals surface area contributed by atoms with E-state index in [4.69, 9.17) is 0 Å². The number of nitrogens with zero attached hydrogens (tertiary/aromatic N) is 2. The van der Waals surface area contributed by atoms with E-state index in [-0.39, 0.29) is 24.2 Å². The Labute approximate surface area is 163 Å². The molecule has 2 amide bonds. The predicted molar refractivity (Wildman–Crippen MR) is 104 cm³/mol. The average Bonchev–Trinajstić information content (AvgIpc) is 2.92. The van der Waals surface area contributed by atoms with Gasteiger partial charge in [0.2, 0.25) is 5.91 Å². The molecule has 0 aliphatic carbocycles. The van der Waals surface area contributed by atoms with Crippen LogP contribution in [0.5, 0.6) is 0 Å². The van der Waals surface area contributed by atoms with Crippen LogP contribution < -0.4 is 10.2 Å². The lowest BCUT2D eigenvalue weighted by Gasteiger charge is -2.23. The van der Waals surface area contributed by atoms with Gasteiger partial charge in [-0.05, 0) is 58.7 Å². The maximum absolute atomic E-state index is 13.1. The van der Waals surface area contributed by atoms with Gasteiger partial charge in [-0.15, -0.1) is 11.3 Å². The second-order valence-electron chi connectivity index (χ2n) is 5.98. The Morgan fingerprint density at radius 1 is 1.08 bits per heavy atom. The topological polar surface area (TPSA) is 52.7 Å². The summed E-state index contributed by atoms with van der Waals surface area (Å²) in [5.74, 6) is -0.583. The molecule has 1 N–H and O–H groups in total. The van der Waals surface area contributed by atoms with E-state index in [2.05, 4.69) is 26.1 Å². The van der Waals surface area contributed by atoms with Crippen LogP contribution in [0.3, 0.4) is 0 Å². The number of amides is 2. The van der Waals surface area contributed by atoms with Gasteiger partial charge in [-0.2, -0.15) is 0 Å². The van der Waals surface area contributed by atoms with Crippen LogP contribution in [0.1, 0.15) is 16.1 Å². The molecule has 1 aliphatic heterocycles. The number of thiophene rings is 1. The van der Waals surface area contributed by atoms with E-state index in [9.17, 15) is 14.0 Å². The van der Waals surface area contributed by atoms with Gasteiger partial charge in [0.05, 0.1) is 15.2 Å². The summed E-state index contributed by atoms with van der Waals surface area (Å²) in [5.41, 5.74) is 0.956. The van der Waals surface area contributed by atoms with Gasteiger partial charge in [0.25, 0.3) is 5.91 Å². The lowest BCUT2D eigenvalue weighted by Crippen LogP contribution is -2.41. The average molecular weight is 440 g/mol. The van der Waals surface area contributed by atoms with Crippen molar-refractivity contribution in [3.8, 4) is 0 Å². The third-order valence-corrected chi connectivity index (χ3v) is 5.86. The van der Waals surface area contributed by atoms with Gasteiger partial charge in [0.15, 0.2) is 0 Å². The fourth-order valence-corrected chi connectivity index (χ4v) is 4.17. The molecule has 0 unspecified atom stereocenters. The van der Waals surface area contributed by atoms with Crippen LogP contribution >= 0.6 is 27.3 Å². The summed E-state index contributed by atoms with van der Waals surface area (Å²) < 4.78 is 13.9. The van der Waals surface area contributed by atoms with Gasteiger partial charge in [-0.25, -0.2) is 4.39 Å². The first-order valence-corrected chi connectivity index (χ1v) is 9.96. The molecule has 0 atom stereocenters. The van der Waals surface area contributed by atoms with Gasteiger partial charge in [0, 0.05) is 31.9 Å². The van der Waals surface area contributed by atoms with Crippen LogP contribution in [0.15, 0.2) is 40.2 Å². The van der Waals surface area contributed by atoms with E-state index < -0.39 is 0 Å². The van der Waals surface area contributed by atoms with E-state index in [1.165, 1.54) is 23.5 Å². The fraction of sp³-hybridized carbons (Fsp3) is 0.333. The number of hydrogen-bond acceptors (Lipinski definition) is 4. The number of hydrogen-bond donors (Lipinski definition) is 1. The number of rotatable bonds is 4. The van der Waals surface area contributed by atoms with Crippen molar-refractivity contribution in [1.29, 1.82) is 0 Å². The normalized spacial score (nSPS) is 14.8. The Bertz CT molecular complexity index is 781. The first-order valence-electron chi connectivity index (χ1n) is 8.35. The number of carbonyl (C=O) groups excluding carboxylic acids is 2. The van der Waals surface area contributed by atoms with Crippen molar-refractivity contribution >= 4 is 44.8 Å². The highest BCUT2D eigenvalue weighted by Crippen LogP contribution is 2.21. The summed E-state index contributed by atoms with van der Waals surface area (Å²) in [6, 6.07) is 9.93. The molecule has 8 heteroatoms. The molecule has 1 aromatic heterocycles. The number of benzene rings is 1. The largest absolute Gasteiger partial charge is 0.370 e. The molecule has 0 radical (unpaired) electrons. The van der Waals surface area contributed by atoms with Crippen LogP contribution in [0.25, 0.3) is 0 Å². The highest BCUT2D eigenvalue weighted by Gasteiger charge is 2.20. The quantitative estimate of drug-likeness (QED) is 0.795. The predicted octanol–water partition coefficient (Wildman–Crippen LogP) is 3.12. The minimum atomic E-state index is -0.256. The van der Waals surface area contributed by atoms with Crippen molar-refractivity contribution in [2.24, 2.45) is 0 Å². The molecule has 1 fully saturated rings. The van der Waals surface area contributed by atoms with Crippen molar-refractivity contribution in [2.45, 2.75) is 6.42 Å². The lowest BCUT2D eigenvalue weighted by molar-refractivity contribution is -0.129. The summed E-state index contributed by atoms with van der Waals surface area (Å²) in [5, 5.41) is 2.68. The second kappa shape index (κ2) is 8.64. The summed E-state index contributed by atoms with van der Waals surface area (Å²) in [6.45, 7) is 2.71. The molecular weight excluding hydrogens is 421 g/mol. The molecule has 26 heavy (non-hydrogen) atoms. The molecule has 1 aromatic carbocycles. The Balaban J connectivity index is 1.51. The van der Waals surface area contributed by atoms with Crippen molar-refractivity contribution in [2.75, 3.05) is 37.6 Å². The molecule has 0 saturated carbocycles. The summed E-state index contributed by atoms with van der Waals surface area (Å²) in [6.07, 6.45) is 0.828. The molecular formula is C18H19BrFN3O2S. The van der Waals surface area contributed by atoms with Crippen LogP contribution in [-0.4, -0.2) is 49.4 Å². The van der Waals surface area contributed by atoms with Crippen molar-refractivity contribution < 1.29 is 14.0 Å². The molecule has 2 heterocycles. The van der Waals surface area contributed by atoms with Gasteiger partial charge in [0.1, 0.15) is 5.82 Å². The summed E-state index contributed by atoms with van der Waals surface area (Å²) in [7, 11) is 0. The zero-order valence-corrected chi connectivity index (χ0v) is 16.5. The minimum absolute atomic E-state index is 0.00903. The molecule has 0 bridgehead atoms. The smallest absolute Gasteiger partial charge is 0.261 e. The van der Waals surface area contributed by atoms with E-state index in [0.29, 0.717) is 24.5 Å². The van der Waals surface area contributed by atoms with Crippen LogP contribution in [0.2, 0.25) is 0 Å². The third kappa shape index (κ3) is 4.82. The Kier molecular flexibility index (Phi) is 6.26. The van der Waals surface area contributed by atoms with E-state index in [1.54, 1.807) is 29.2 Å². The fourth-order valence-electron chi connectivity index (χ4n) is 2.87. The van der Waals surface area contributed by atoms with Gasteiger partial charge in [-0.3, -0.25) is 9.59 Å². The molecule has 1 aliphatic rings. The number of carbonyl (C=O) groups is 2. The van der Waals surface area contributed by atoms with Crippen LogP contribution in [0, 0.1) is 5.82 Å². The minimum Gasteiger partial charge on any atom is -0.370 e. The van der Waals surface area contributed by atoms with E-state index >= 15 is 0 Å². The SMILES string of the molecule is O=C(NCC(=O)N1CCCN(c2ccc(F)cc2)CC1)c1ccc(Br)s1. The van der Waals surface area contributed by atoms with Crippen molar-refractivity contribution in [1.82, 2.24) is 10.2 Å². The Morgan fingerprint density at radius 2 is 1.85 bits per heavy atom. The summed E-state index contributed by atoms with van der Waals surface area (Å²) in [4.78, 5) is 29.0. The maximum atomic E-state index is 13.1. The van der Waals surface area contributed by atoms with Gasteiger partial charge < -0.3 is 15.1 Å². The third-order valence-electron chi connectivity index (χ3n) is 4.24. The van der Waals surface area contributed by atoms with Crippen LogP contribution in [0.4, 0.5) is 10.1 Å². The maximum Gasteiger partial charge on any atom is 0.261 e. The Morgan fingerprint density at radius 3 is 2.54 bits per heavy atom. The molecule has 0 spiro atoms. The van der Waals surface area contributed by atoms with Gasteiger partial charge >= 0.3 is 0 Å². The monoisotopic (exact) mass is 439 g/mol. The number of halogens is 2. The zero-order chi connectivity index (χ0) is 18.5. The first kappa shape index (κ1) is 18.8. The number of nitrogens with one attached hydrogen (secondary N) is 1. The highest BCUT2D eigenvalue weighted by molar-refractivity contribution is 9.11. The molecule has 138 valence electrons. The van der Waals surface area contributed by atoms with Crippen molar-refractivity contribution in [3.05, 3.63) is 50.9 Å². The van der Waals surface area contributed by atoms with E-state index in [1.807, 2.05) is 0 Å². The summed E-state index contributed by atoms with van der Waals surface area (Å²) >= 11 is 4.65. The van der Waals surface area contributed by atoms with Crippen molar-refractivity contribution in [3.63, 3.8) is 0 Å². The van der Waals surface area contributed by atoms with Gasteiger partial charge in [-0.1, -0.05) is 0 Å². The number of anilines is 1. The molecule has 2 aromatic rings. The lowest BCUT2D eigenvalue weighted by atomic mass is 10.2. The molecule has 1 saturated heterocycles. The standard InChI is InChI=1S/C18H19BrFN3O2S/c19-16-7-6-15(26-16)18(25)21-12-17(24)23-9-1-8-22(10-11-23)14-4-2-13(20)3-5-14/h2-7H,1,8-12H2,(H,21,25).